The standard InChI is InChI=1S/C11H14NO7P/c12-8(10(13)14)6-9(11(15)16)20(17,18)19-7-4-2-1-3-5-7/h1-5,8-9H,6,12H2,(H,13,14)(H,15,16)(H,17,18)/t8-,9?/m0/s1. The minimum absolute atomic E-state index is 0.00785. The highest BCUT2D eigenvalue weighted by atomic mass is 31.2. The Morgan fingerprint density at radius 1 is 1.20 bits per heavy atom. The quantitative estimate of drug-likeness (QED) is 0.532. The second-order valence-corrected chi connectivity index (χ2v) is 5.94. The van der Waals surface area contributed by atoms with Crippen molar-refractivity contribution in [3.05, 3.63) is 30.3 Å². The first kappa shape index (κ1) is 16.2. The van der Waals surface area contributed by atoms with Gasteiger partial charge in [-0.1, -0.05) is 18.2 Å². The lowest BCUT2D eigenvalue weighted by Crippen LogP contribution is -2.37. The van der Waals surface area contributed by atoms with Crippen molar-refractivity contribution in [2.75, 3.05) is 0 Å². The van der Waals surface area contributed by atoms with Crippen LogP contribution in [0.2, 0.25) is 0 Å². The number of carboxylic acid groups (broad SMARTS) is 2. The zero-order chi connectivity index (χ0) is 15.3. The molecule has 0 fully saturated rings. The molecule has 0 spiro atoms. The Morgan fingerprint density at radius 2 is 1.75 bits per heavy atom. The zero-order valence-electron chi connectivity index (χ0n) is 10.2. The number of carbonyl (C=O) groups is 2. The van der Waals surface area contributed by atoms with Crippen LogP contribution in [0.25, 0.3) is 0 Å². The van der Waals surface area contributed by atoms with Gasteiger partial charge < -0.3 is 25.4 Å². The molecule has 9 heteroatoms. The number of hydrogen-bond acceptors (Lipinski definition) is 5. The third-order valence-corrected chi connectivity index (χ3v) is 4.14. The van der Waals surface area contributed by atoms with Crippen molar-refractivity contribution in [2.24, 2.45) is 5.73 Å². The highest BCUT2D eigenvalue weighted by Crippen LogP contribution is 2.49. The molecule has 5 N–H and O–H groups in total. The van der Waals surface area contributed by atoms with E-state index in [0.717, 1.165) is 0 Å². The summed E-state index contributed by atoms with van der Waals surface area (Å²) in [5.74, 6) is -3.10. The van der Waals surface area contributed by atoms with Gasteiger partial charge in [-0.3, -0.25) is 9.59 Å². The summed E-state index contributed by atoms with van der Waals surface area (Å²) in [6, 6.07) is 5.89. The number of carboxylic acids is 2. The molecule has 2 unspecified atom stereocenters. The van der Waals surface area contributed by atoms with Crippen molar-refractivity contribution in [1.29, 1.82) is 0 Å². The first-order chi connectivity index (χ1) is 9.24. The van der Waals surface area contributed by atoms with Gasteiger partial charge in [0.05, 0.1) is 0 Å². The maximum Gasteiger partial charge on any atom is 0.390 e. The van der Waals surface area contributed by atoms with E-state index in [4.69, 9.17) is 20.5 Å². The van der Waals surface area contributed by atoms with E-state index >= 15 is 0 Å². The summed E-state index contributed by atoms with van der Waals surface area (Å²) >= 11 is 0. The van der Waals surface area contributed by atoms with Gasteiger partial charge in [0.15, 0.2) is 5.66 Å². The summed E-state index contributed by atoms with van der Waals surface area (Å²) in [4.78, 5) is 31.4. The minimum atomic E-state index is -4.62. The van der Waals surface area contributed by atoms with Crippen molar-refractivity contribution in [2.45, 2.75) is 18.1 Å². The van der Waals surface area contributed by atoms with Gasteiger partial charge in [-0.05, 0) is 18.6 Å². The number of aliphatic carboxylic acids is 2. The van der Waals surface area contributed by atoms with Gasteiger partial charge in [0.2, 0.25) is 0 Å². The first-order valence-corrected chi connectivity index (χ1v) is 7.17. The van der Waals surface area contributed by atoms with Crippen LogP contribution >= 0.6 is 7.60 Å². The van der Waals surface area contributed by atoms with Crippen LogP contribution in [0.1, 0.15) is 6.42 Å². The summed E-state index contributed by atoms with van der Waals surface area (Å²) in [5, 5.41) is 17.6. The van der Waals surface area contributed by atoms with Crippen molar-refractivity contribution in [1.82, 2.24) is 0 Å². The normalized spacial score (nSPS) is 16.7. The van der Waals surface area contributed by atoms with Gasteiger partial charge >= 0.3 is 19.5 Å². The maximum atomic E-state index is 12.0. The Morgan fingerprint density at radius 3 is 2.20 bits per heavy atom. The number of benzene rings is 1. The van der Waals surface area contributed by atoms with Crippen LogP contribution in [0.15, 0.2) is 30.3 Å². The molecule has 20 heavy (non-hydrogen) atoms. The van der Waals surface area contributed by atoms with Crippen LogP contribution in [0.5, 0.6) is 5.75 Å². The molecule has 0 radical (unpaired) electrons. The van der Waals surface area contributed by atoms with E-state index in [-0.39, 0.29) is 5.75 Å². The Kier molecular flexibility index (Phi) is 5.26. The van der Waals surface area contributed by atoms with Crippen molar-refractivity contribution in [3.63, 3.8) is 0 Å². The van der Waals surface area contributed by atoms with E-state index in [1.807, 2.05) is 0 Å². The Hall–Kier alpha value is -1.89. The van der Waals surface area contributed by atoms with E-state index in [1.54, 1.807) is 6.07 Å². The average Bonchev–Trinajstić information content (AvgIpc) is 2.35. The molecule has 0 aliphatic heterocycles. The van der Waals surface area contributed by atoms with Gasteiger partial charge in [-0.15, -0.1) is 0 Å². The molecule has 0 bridgehead atoms. The highest BCUT2D eigenvalue weighted by molar-refractivity contribution is 7.55. The Bertz CT molecular complexity index is 533. The Balaban J connectivity index is 2.92. The van der Waals surface area contributed by atoms with Gasteiger partial charge in [-0.25, -0.2) is 4.57 Å². The molecule has 0 saturated heterocycles. The van der Waals surface area contributed by atoms with E-state index in [9.17, 15) is 19.0 Å². The van der Waals surface area contributed by atoms with E-state index in [0.29, 0.717) is 0 Å². The number of nitrogens with two attached hydrogens (primary N) is 1. The average molecular weight is 303 g/mol. The number of rotatable bonds is 7. The molecule has 1 aromatic carbocycles. The fourth-order valence-corrected chi connectivity index (χ4v) is 2.73. The SMILES string of the molecule is N[C@@H](CC(C(=O)O)P(=O)(O)Oc1ccccc1)C(=O)O. The lowest BCUT2D eigenvalue weighted by atomic mass is 10.2. The first-order valence-electron chi connectivity index (χ1n) is 5.52. The smallest absolute Gasteiger partial charge is 0.390 e. The van der Waals surface area contributed by atoms with Crippen LogP contribution in [-0.2, 0) is 14.2 Å². The van der Waals surface area contributed by atoms with Crippen LogP contribution in [0, 0.1) is 0 Å². The molecule has 1 rings (SSSR count). The molecule has 0 heterocycles. The molecule has 0 aromatic heterocycles. The van der Waals surface area contributed by atoms with Crippen LogP contribution in [0.3, 0.4) is 0 Å². The van der Waals surface area contributed by atoms with E-state index in [1.165, 1.54) is 24.3 Å². The monoisotopic (exact) mass is 303 g/mol. The molecule has 110 valence electrons. The predicted octanol–water partition coefficient (Wildman–Crippen LogP) is 0.506. The summed E-state index contributed by atoms with van der Waals surface area (Å²) in [5.41, 5.74) is 3.27. The molecule has 0 aliphatic carbocycles. The fraction of sp³-hybridized carbons (Fsp3) is 0.273. The second-order valence-electron chi connectivity index (χ2n) is 4.00. The van der Waals surface area contributed by atoms with Crippen LogP contribution in [-0.4, -0.2) is 38.7 Å². The molecule has 0 amide bonds. The topological polar surface area (TPSA) is 147 Å². The fourth-order valence-electron chi connectivity index (χ4n) is 1.41. The van der Waals surface area contributed by atoms with Gasteiger partial charge in [0.1, 0.15) is 11.8 Å². The minimum Gasteiger partial charge on any atom is -0.481 e. The lowest BCUT2D eigenvalue weighted by molar-refractivity contribution is -0.139. The highest BCUT2D eigenvalue weighted by Gasteiger charge is 2.42. The van der Waals surface area contributed by atoms with E-state index < -0.39 is 37.7 Å². The van der Waals surface area contributed by atoms with Crippen LogP contribution in [0.4, 0.5) is 0 Å². The second kappa shape index (κ2) is 6.51. The molecule has 0 aliphatic rings. The summed E-state index contributed by atoms with van der Waals surface area (Å²) < 4.78 is 16.8. The van der Waals surface area contributed by atoms with Gasteiger partial charge in [0.25, 0.3) is 0 Å². The zero-order valence-corrected chi connectivity index (χ0v) is 11.1. The maximum absolute atomic E-state index is 12.0. The largest absolute Gasteiger partial charge is 0.481 e. The molecule has 8 nitrogen and oxygen atoms in total. The van der Waals surface area contributed by atoms with Crippen molar-refractivity contribution >= 4 is 19.5 Å². The lowest BCUT2D eigenvalue weighted by Gasteiger charge is -2.21. The Labute approximate surface area is 114 Å². The van der Waals surface area contributed by atoms with Crippen molar-refractivity contribution < 1.29 is 33.8 Å². The number of para-hydroxylation sites is 1. The third kappa shape index (κ3) is 4.34. The molecular formula is C11H14NO7P. The molecule has 3 atom stereocenters. The summed E-state index contributed by atoms with van der Waals surface area (Å²) in [6.45, 7) is 0. The number of hydrogen-bond donors (Lipinski definition) is 4. The third-order valence-electron chi connectivity index (χ3n) is 2.45. The van der Waals surface area contributed by atoms with Gasteiger partial charge in [0, 0.05) is 0 Å². The molecule has 0 saturated carbocycles. The van der Waals surface area contributed by atoms with Crippen LogP contribution < -0.4 is 10.3 Å². The van der Waals surface area contributed by atoms with Crippen molar-refractivity contribution in [3.8, 4) is 5.75 Å². The predicted molar refractivity (Wildman–Crippen MR) is 68.5 cm³/mol. The summed E-state index contributed by atoms with van der Waals surface area (Å²) in [7, 11) is -4.62. The molecule has 1 aromatic rings. The molecular weight excluding hydrogens is 289 g/mol. The summed E-state index contributed by atoms with van der Waals surface area (Å²) in [6.07, 6.45) is -0.717. The van der Waals surface area contributed by atoms with Gasteiger partial charge in [-0.2, -0.15) is 0 Å². The van der Waals surface area contributed by atoms with E-state index in [2.05, 4.69) is 0 Å².